The molecule has 0 aromatic heterocycles. The number of amides is 2. The average molecular weight is 670 g/mol. The van der Waals surface area contributed by atoms with Crippen LogP contribution in [0.25, 0.3) is 0 Å². The van der Waals surface area contributed by atoms with Crippen molar-refractivity contribution in [2.45, 2.75) is 105 Å². The Kier molecular flexibility index (Phi) is 7.84. The Bertz CT molecular complexity index is 1480. The van der Waals surface area contributed by atoms with Crippen molar-refractivity contribution in [1.29, 1.82) is 0 Å². The van der Waals surface area contributed by atoms with Crippen molar-refractivity contribution < 1.29 is 26.4 Å². The van der Waals surface area contributed by atoms with Crippen LogP contribution in [0, 0.1) is 45.3 Å². The largest absolute Gasteiger partial charge is 0.286 e. The summed E-state index contributed by atoms with van der Waals surface area (Å²) in [7, 11) is -4.27. The van der Waals surface area contributed by atoms with Crippen LogP contribution in [0.3, 0.4) is 0 Å². The number of fused-ring (bicyclic) bond motifs is 2. The fraction of sp³-hybridized carbons (Fsp3) is 0.875. The number of carbonyl (C=O) groups excluding carboxylic acids is 2. The summed E-state index contributed by atoms with van der Waals surface area (Å²) < 4.78 is 55.7. The number of allylic oxidation sites excluding steroid dienone is 1. The van der Waals surface area contributed by atoms with Gasteiger partial charge in [0.05, 0.1) is 29.5 Å². The highest BCUT2D eigenvalue weighted by molar-refractivity contribution is 7.90. The Hall–Kier alpha value is -1.03. The molecule has 4 bridgehead atoms. The maximum absolute atomic E-state index is 13.3. The normalized spacial score (nSPS) is 43.3. The van der Waals surface area contributed by atoms with Crippen molar-refractivity contribution in [2.75, 3.05) is 24.6 Å². The van der Waals surface area contributed by atoms with Crippen LogP contribution in [0.5, 0.6) is 0 Å². The van der Waals surface area contributed by atoms with Gasteiger partial charge in [-0.25, -0.2) is 25.4 Å². The minimum absolute atomic E-state index is 0.0201. The molecule has 0 aromatic carbocycles. The van der Waals surface area contributed by atoms with Crippen LogP contribution in [0.15, 0.2) is 12.2 Å². The first-order valence-corrected chi connectivity index (χ1v) is 20.4. The van der Waals surface area contributed by atoms with E-state index in [-0.39, 0.29) is 68.9 Å². The van der Waals surface area contributed by atoms with Gasteiger partial charge in [0.25, 0.3) is 5.91 Å². The zero-order valence-electron chi connectivity index (χ0n) is 27.3. The smallest absolute Gasteiger partial charge is 0.259 e. The monoisotopic (exact) mass is 669 g/mol. The van der Waals surface area contributed by atoms with Gasteiger partial charge in [0.2, 0.25) is 26.0 Å². The van der Waals surface area contributed by atoms with E-state index in [2.05, 4.69) is 48.7 Å². The molecule has 7 aliphatic rings. The van der Waals surface area contributed by atoms with Gasteiger partial charge in [0, 0.05) is 30.0 Å². The van der Waals surface area contributed by atoms with Crippen molar-refractivity contribution in [3.05, 3.63) is 12.2 Å². The van der Waals surface area contributed by atoms with Crippen LogP contribution < -0.4 is 0 Å². The van der Waals surface area contributed by atoms with Crippen LogP contribution >= 0.6 is 9.39 Å². The molecule has 12 heteroatoms. The first kappa shape index (κ1) is 32.9. The van der Waals surface area contributed by atoms with E-state index < -0.39 is 20.0 Å². The van der Waals surface area contributed by atoms with Gasteiger partial charge in [0.15, 0.2) is 0 Å². The van der Waals surface area contributed by atoms with Crippen LogP contribution in [0.4, 0.5) is 0 Å². The number of hydrogen-bond donors (Lipinski definition) is 0. The van der Waals surface area contributed by atoms with E-state index in [1.807, 2.05) is 6.92 Å². The van der Waals surface area contributed by atoms with Crippen LogP contribution in [-0.2, 0) is 29.6 Å². The predicted molar refractivity (Wildman–Crippen MR) is 174 cm³/mol. The lowest BCUT2D eigenvalue weighted by atomic mass is 9.69. The third kappa shape index (κ3) is 4.33. The van der Waals surface area contributed by atoms with E-state index >= 15 is 0 Å². The van der Waals surface area contributed by atoms with Gasteiger partial charge in [-0.2, -0.15) is 0 Å². The minimum Gasteiger partial charge on any atom is -0.286 e. The summed E-state index contributed by atoms with van der Waals surface area (Å²) in [6.45, 7) is 14.4. The fourth-order valence-corrected chi connectivity index (χ4v) is 16.8. The second kappa shape index (κ2) is 10.5. The molecule has 3 aliphatic heterocycles. The molecular weight excluding hydrogens is 617 g/mol. The quantitative estimate of drug-likeness (QED) is 0.322. The first-order chi connectivity index (χ1) is 20.4. The zero-order valence-corrected chi connectivity index (χ0v) is 30.1. The molecule has 7 fully saturated rings. The summed E-state index contributed by atoms with van der Waals surface area (Å²) in [5.74, 6) is 1.03. The van der Waals surface area contributed by atoms with Crippen LogP contribution in [0.2, 0.25) is 0 Å². The molecule has 9 atom stereocenters. The molecule has 248 valence electrons. The number of hydrogen-bond acceptors (Lipinski definition) is 7. The summed E-state index contributed by atoms with van der Waals surface area (Å²) in [5.41, 5.74) is -0.389. The Morgan fingerprint density at radius 3 is 1.80 bits per heavy atom. The summed E-state index contributed by atoms with van der Waals surface area (Å²) in [6.07, 6.45) is 10.6. The van der Waals surface area contributed by atoms with E-state index in [0.717, 1.165) is 57.9 Å². The number of nitrogens with zero attached hydrogens (tertiary/aromatic N) is 3. The molecule has 0 radical (unpaired) electrons. The van der Waals surface area contributed by atoms with Gasteiger partial charge in [0.1, 0.15) is 0 Å². The van der Waals surface area contributed by atoms with Crippen LogP contribution in [0.1, 0.15) is 92.9 Å². The Balaban J connectivity index is 0.000000159. The molecule has 3 saturated heterocycles. The summed E-state index contributed by atoms with van der Waals surface area (Å²) in [5, 5.41) is 0. The number of sulfonamides is 2. The molecule has 0 N–H and O–H groups in total. The minimum atomic E-state index is -3.49. The third-order valence-electron chi connectivity index (χ3n) is 14.1. The third-order valence-corrected chi connectivity index (χ3v) is 18.3. The lowest BCUT2D eigenvalue weighted by molar-refractivity contribution is -0.134. The SMILES string of the molecule is CC/C=C\C(=O)N1[C@H]2CC3CC[C@@]2(CS1(=O)=O)C3(C)C.CC[C@@H]1CN(P)C[C@@H]1C(=O)N1[C@H]2CC3CC[C@@]2(CS1(=O)=O)C3(C)C. The predicted octanol–water partition coefficient (Wildman–Crippen LogP) is 4.42. The second-order valence-electron chi connectivity index (χ2n) is 16.0. The molecule has 3 heterocycles. The molecule has 2 amide bonds. The van der Waals surface area contributed by atoms with Gasteiger partial charge >= 0.3 is 0 Å². The molecule has 4 aliphatic carbocycles. The van der Waals surface area contributed by atoms with E-state index in [1.54, 1.807) is 6.08 Å². The standard InChI is InChI=1S/C17H29N2O3PS.C15H23NO3S/c1-4-11-8-18(23)9-13(11)15(20)19-14-7-12-5-6-17(14,16(12,2)3)10-24(19,21)22;1-4-5-6-13(17)16-12-9-11-7-8-15(12,14(11,2)3)10-20(16,18)19/h11-14H,4-10,23H2,1-3H3;5-6,11-12H,4,7-10H2,1-3H3/b;6-5-/t11-,12?,13+,14+,17+;11?,12-,15-/m10/s1. The highest BCUT2D eigenvalue weighted by Crippen LogP contribution is 2.71. The average Bonchev–Trinajstić information content (AvgIpc) is 3.71. The van der Waals surface area contributed by atoms with Gasteiger partial charge in [-0.3, -0.25) is 14.3 Å². The van der Waals surface area contributed by atoms with Gasteiger partial charge in [-0.1, -0.05) is 63.4 Å². The lowest BCUT2D eigenvalue weighted by Gasteiger charge is -2.37. The second-order valence-corrected chi connectivity index (χ2v) is 20.5. The van der Waals surface area contributed by atoms with Crippen molar-refractivity contribution in [1.82, 2.24) is 13.3 Å². The van der Waals surface area contributed by atoms with E-state index in [9.17, 15) is 26.4 Å². The van der Waals surface area contributed by atoms with Crippen molar-refractivity contribution in [2.24, 2.45) is 45.3 Å². The van der Waals surface area contributed by atoms with Gasteiger partial charge in [-0.15, -0.1) is 0 Å². The molecule has 0 aromatic rings. The van der Waals surface area contributed by atoms with Gasteiger partial charge in [-0.05, 0) is 73.5 Å². The molecule has 9 nitrogen and oxygen atoms in total. The van der Waals surface area contributed by atoms with E-state index in [1.165, 1.54) is 14.7 Å². The molecule has 7 rings (SSSR count). The maximum Gasteiger partial charge on any atom is 0.259 e. The molecule has 4 saturated carbocycles. The highest BCUT2D eigenvalue weighted by Gasteiger charge is 2.73. The van der Waals surface area contributed by atoms with Crippen molar-refractivity contribution in [3.63, 3.8) is 0 Å². The maximum atomic E-state index is 13.3. The molecular formula is C32H52N3O6PS2. The Labute approximate surface area is 267 Å². The Morgan fingerprint density at radius 2 is 1.32 bits per heavy atom. The molecule has 2 spiro atoms. The summed E-state index contributed by atoms with van der Waals surface area (Å²) >= 11 is 0. The highest BCUT2D eigenvalue weighted by atomic mass is 32.2. The number of rotatable bonds is 4. The first-order valence-electron chi connectivity index (χ1n) is 16.7. The van der Waals surface area contributed by atoms with Crippen LogP contribution in [-0.4, -0.2) is 78.6 Å². The van der Waals surface area contributed by atoms with E-state index in [4.69, 9.17) is 0 Å². The topological polar surface area (TPSA) is 112 Å². The molecule has 44 heavy (non-hydrogen) atoms. The van der Waals surface area contributed by atoms with E-state index in [0.29, 0.717) is 18.4 Å². The fourth-order valence-electron chi connectivity index (χ4n) is 11.2. The summed E-state index contributed by atoms with van der Waals surface area (Å²) in [4.78, 5) is 25.6. The van der Waals surface area contributed by atoms with Gasteiger partial charge < -0.3 is 0 Å². The Morgan fingerprint density at radius 1 is 0.818 bits per heavy atom. The zero-order chi connectivity index (χ0) is 32.3. The summed E-state index contributed by atoms with van der Waals surface area (Å²) in [6, 6.07) is -0.213. The lowest BCUT2D eigenvalue weighted by Crippen LogP contribution is -2.47. The van der Waals surface area contributed by atoms with Crippen molar-refractivity contribution in [3.8, 4) is 0 Å². The van der Waals surface area contributed by atoms with Crippen molar-refractivity contribution >= 4 is 41.3 Å². The molecule has 3 unspecified atom stereocenters. The number of carbonyl (C=O) groups is 2.